The molecule has 2 aromatic carbocycles. The highest BCUT2D eigenvalue weighted by Gasteiger charge is 2.55. The Labute approximate surface area is 198 Å². The molecule has 0 bridgehead atoms. The average Bonchev–Trinajstić information content (AvgIpc) is 3.44. The van der Waals surface area contributed by atoms with E-state index in [2.05, 4.69) is 15.7 Å². The molecule has 34 heavy (non-hydrogen) atoms. The van der Waals surface area contributed by atoms with Crippen molar-refractivity contribution in [3.05, 3.63) is 87.9 Å². The van der Waals surface area contributed by atoms with E-state index < -0.39 is 40.7 Å². The van der Waals surface area contributed by atoms with Crippen molar-refractivity contribution >= 4 is 34.6 Å². The minimum atomic E-state index is -1.54. The maximum absolute atomic E-state index is 14.9. The Bertz CT molecular complexity index is 1250. The predicted octanol–water partition coefficient (Wildman–Crippen LogP) is 3.79. The van der Waals surface area contributed by atoms with Gasteiger partial charge in [0.2, 0.25) is 11.8 Å². The maximum Gasteiger partial charge on any atom is 0.249 e. The van der Waals surface area contributed by atoms with Crippen molar-refractivity contribution < 1.29 is 22.8 Å². The molecule has 1 aliphatic heterocycles. The first kappa shape index (κ1) is 23.5. The topological polar surface area (TPSA) is 73.8 Å². The van der Waals surface area contributed by atoms with Crippen LogP contribution in [0.5, 0.6) is 0 Å². The first-order valence-corrected chi connectivity index (χ1v) is 11.3. The first-order chi connectivity index (χ1) is 16.3. The second kappa shape index (κ2) is 9.30. The lowest BCUT2D eigenvalue weighted by atomic mass is 9.78. The Balaban J connectivity index is 1.90. The minimum Gasteiger partial charge on any atom is -0.358 e. The highest BCUT2D eigenvalue weighted by Crippen LogP contribution is 2.46. The molecule has 2 amide bonds. The molecule has 0 saturated heterocycles. The smallest absolute Gasteiger partial charge is 0.249 e. The maximum atomic E-state index is 14.9. The molecular formula is C24H21F3N4O2S. The van der Waals surface area contributed by atoms with E-state index >= 15 is 0 Å². The van der Waals surface area contributed by atoms with Gasteiger partial charge in [-0.15, -0.1) is 11.3 Å². The summed E-state index contributed by atoms with van der Waals surface area (Å²) in [6.07, 6.45) is 0. The summed E-state index contributed by atoms with van der Waals surface area (Å²) in [7, 11) is 1.44. The fourth-order valence-corrected chi connectivity index (χ4v) is 4.93. The number of thiophene rings is 1. The molecule has 4 rings (SSSR count). The zero-order chi connectivity index (χ0) is 24.5. The Hall–Kier alpha value is -3.66. The number of hydrogen-bond donors (Lipinski definition) is 2. The second-order valence-electron chi connectivity index (χ2n) is 7.85. The largest absolute Gasteiger partial charge is 0.358 e. The summed E-state index contributed by atoms with van der Waals surface area (Å²) in [4.78, 5) is 26.2. The molecule has 2 heterocycles. The molecule has 2 N–H and O–H groups in total. The summed E-state index contributed by atoms with van der Waals surface area (Å²) in [6, 6.07) is 12.2. The number of hydrogen-bond acceptors (Lipinski definition) is 5. The van der Waals surface area contributed by atoms with E-state index in [1.807, 2.05) is 17.5 Å². The van der Waals surface area contributed by atoms with Gasteiger partial charge in [-0.25, -0.2) is 18.2 Å². The first-order valence-electron chi connectivity index (χ1n) is 10.4. The van der Waals surface area contributed by atoms with Gasteiger partial charge in [0.05, 0.1) is 23.9 Å². The lowest BCUT2D eigenvalue weighted by Crippen LogP contribution is -2.58. The number of nitrogens with one attached hydrogen (secondary N) is 2. The van der Waals surface area contributed by atoms with Gasteiger partial charge in [0.15, 0.2) is 11.4 Å². The molecule has 1 aromatic heterocycles. The Morgan fingerprint density at radius 2 is 1.79 bits per heavy atom. The number of benzene rings is 2. The summed E-state index contributed by atoms with van der Waals surface area (Å²) >= 11 is 1.38. The number of anilines is 1. The summed E-state index contributed by atoms with van der Waals surface area (Å²) in [6.45, 7) is 1.28. The normalized spacial score (nSPS) is 19.6. The van der Waals surface area contributed by atoms with E-state index in [4.69, 9.17) is 0 Å². The van der Waals surface area contributed by atoms with Crippen molar-refractivity contribution in [2.75, 3.05) is 18.6 Å². The third-order valence-corrected chi connectivity index (χ3v) is 6.67. The quantitative estimate of drug-likeness (QED) is 0.557. The van der Waals surface area contributed by atoms with E-state index in [9.17, 15) is 22.8 Å². The van der Waals surface area contributed by atoms with Gasteiger partial charge < -0.3 is 10.6 Å². The van der Waals surface area contributed by atoms with E-state index in [0.29, 0.717) is 17.3 Å². The summed E-state index contributed by atoms with van der Waals surface area (Å²) < 4.78 is 42.2. The van der Waals surface area contributed by atoms with Crippen molar-refractivity contribution in [1.82, 2.24) is 10.6 Å². The minimum absolute atomic E-state index is 0.113. The summed E-state index contributed by atoms with van der Waals surface area (Å²) in [5.41, 5.74) is -0.710. The number of amides is 2. The van der Waals surface area contributed by atoms with Crippen LogP contribution < -0.4 is 15.6 Å². The lowest BCUT2D eigenvalue weighted by molar-refractivity contribution is -0.129. The highest BCUT2D eigenvalue weighted by atomic mass is 32.1. The van der Waals surface area contributed by atoms with Crippen LogP contribution in [0.15, 0.2) is 65.1 Å². The highest BCUT2D eigenvalue weighted by molar-refractivity contribution is 7.10. The van der Waals surface area contributed by atoms with Crippen LogP contribution in [0.1, 0.15) is 23.3 Å². The van der Waals surface area contributed by atoms with E-state index in [0.717, 1.165) is 10.9 Å². The molecule has 0 radical (unpaired) electrons. The number of likely N-dealkylation sites (N-methyl/N-ethyl adjacent to an activating group) is 1. The van der Waals surface area contributed by atoms with Crippen LogP contribution in [0.2, 0.25) is 0 Å². The van der Waals surface area contributed by atoms with Gasteiger partial charge in [0.1, 0.15) is 11.6 Å². The van der Waals surface area contributed by atoms with E-state index in [-0.39, 0.29) is 12.2 Å². The monoisotopic (exact) mass is 486 g/mol. The Morgan fingerprint density at radius 3 is 2.41 bits per heavy atom. The molecule has 0 spiro atoms. The molecule has 6 nitrogen and oxygen atoms in total. The van der Waals surface area contributed by atoms with Gasteiger partial charge in [-0.3, -0.25) is 9.59 Å². The molecule has 0 aliphatic carbocycles. The van der Waals surface area contributed by atoms with Crippen molar-refractivity contribution in [1.29, 1.82) is 0 Å². The number of rotatable bonds is 6. The van der Waals surface area contributed by atoms with Crippen LogP contribution in [-0.2, 0) is 9.59 Å². The van der Waals surface area contributed by atoms with Crippen LogP contribution in [-0.4, -0.2) is 36.7 Å². The van der Waals surface area contributed by atoms with Gasteiger partial charge >= 0.3 is 0 Å². The Morgan fingerprint density at radius 1 is 1.09 bits per heavy atom. The van der Waals surface area contributed by atoms with Crippen LogP contribution >= 0.6 is 11.3 Å². The van der Waals surface area contributed by atoms with Gasteiger partial charge in [-0.2, -0.15) is 5.10 Å². The lowest BCUT2D eigenvalue weighted by Gasteiger charge is -2.37. The molecule has 176 valence electrons. The van der Waals surface area contributed by atoms with Crippen molar-refractivity contribution in [3.8, 4) is 0 Å². The number of halogens is 3. The van der Waals surface area contributed by atoms with Crippen LogP contribution in [0, 0.1) is 17.5 Å². The Kier molecular flexibility index (Phi) is 6.43. The zero-order valence-corrected chi connectivity index (χ0v) is 19.1. The van der Waals surface area contributed by atoms with Gasteiger partial charge in [0.25, 0.3) is 0 Å². The molecule has 1 aliphatic rings. The van der Waals surface area contributed by atoms with Crippen LogP contribution in [0.3, 0.4) is 0 Å². The van der Waals surface area contributed by atoms with Gasteiger partial charge in [-0.05, 0) is 48.2 Å². The number of carbonyl (C=O) groups is 2. The average molecular weight is 487 g/mol. The van der Waals surface area contributed by atoms with Crippen molar-refractivity contribution in [2.45, 2.75) is 18.4 Å². The zero-order valence-electron chi connectivity index (χ0n) is 18.3. The molecule has 2 atom stereocenters. The fraction of sp³-hybridized carbons (Fsp3) is 0.208. The molecule has 3 aromatic rings. The molecular weight excluding hydrogens is 465 g/mol. The van der Waals surface area contributed by atoms with Crippen molar-refractivity contribution in [2.24, 2.45) is 5.10 Å². The van der Waals surface area contributed by atoms with Gasteiger partial charge in [0, 0.05) is 18.0 Å². The summed E-state index contributed by atoms with van der Waals surface area (Å²) in [5.74, 6) is -3.82. The fourth-order valence-electron chi connectivity index (χ4n) is 3.98. The third kappa shape index (κ3) is 4.16. The van der Waals surface area contributed by atoms with Crippen molar-refractivity contribution in [3.63, 3.8) is 0 Å². The number of hydrazone groups is 1. The predicted molar refractivity (Wildman–Crippen MR) is 124 cm³/mol. The van der Waals surface area contributed by atoms with E-state index in [1.54, 1.807) is 6.92 Å². The third-order valence-electron chi connectivity index (χ3n) is 5.74. The molecule has 10 heteroatoms. The second-order valence-corrected chi connectivity index (χ2v) is 8.83. The standard InChI is InChI=1S/C24H21F3N4O2S/c1-24(23(33)29-13-20(32)28-2)21(19-4-3-11-34-19)22(14-5-7-15(25)8-6-14)30-31(24)18-10-9-16(26)12-17(18)27/h3-12,21H,13H2,1-2H3,(H,28,32)(H,29,33). The molecule has 0 saturated carbocycles. The van der Waals surface area contributed by atoms with Gasteiger partial charge in [-0.1, -0.05) is 18.2 Å². The van der Waals surface area contributed by atoms with E-state index in [1.165, 1.54) is 53.7 Å². The SMILES string of the molecule is CNC(=O)CNC(=O)C1(C)C(c2cccs2)C(c2ccc(F)cc2)=NN1c1ccc(F)cc1F. The summed E-state index contributed by atoms with van der Waals surface area (Å²) in [5, 5.41) is 12.7. The molecule has 0 fully saturated rings. The van der Waals surface area contributed by atoms with Crippen LogP contribution in [0.25, 0.3) is 0 Å². The number of carbonyl (C=O) groups excluding carboxylic acids is 2. The molecule has 2 unspecified atom stereocenters. The van der Waals surface area contributed by atoms with Crippen LogP contribution in [0.4, 0.5) is 18.9 Å². The number of nitrogens with zero attached hydrogens (tertiary/aromatic N) is 2.